The van der Waals surface area contributed by atoms with Crippen molar-refractivity contribution < 1.29 is 16.8 Å². The third-order valence-electron chi connectivity index (χ3n) is 3.99. The maximum absolute atomic E-state index is 12.7. The van der Waals surface area contributed by atoms with E-state index in [1.165, 1.54) is 4.31 Å². The largest absolute Gasteiger partial charge is 0.328 e. The van der Waals surface area contributed by atoms with Gasteiger partial charge in [0.05, 0.1) is 11.0 Å². The minimum absolute atomic E-state index is 0.0844. The van der Waals surface area contributed by atoms with Crippen LogP contribution in [0.25, 0.3) is 11.0 Å². The number of aromatic nitrogens is 2. The molecule has 2 N–H and O–H groups in total. The van der Waals surface area contributed by atoms with Crippen molar-refractivity contribution in [2.45, 2.75) is 11.6 Å². The highest BCUT2D eigenvalue weighted by molar-refractivity contribution is 7.92. The molecule has 1 atom stereocenters. The molecule has 0 aliphatic carbocycles. The first-order valence-corrected chi connectivity index (χ1v) is 10.4. The molecule has 2 heterocycles. The first-order valence-electron chi connectivity index (χ1n) is 7.39. The van der Waals surface area contributed by atoms with E-state index in [1.807, 2.05) is 0 Å². The van der Waals surface area contributed by atoms with Gasteiger partial charge in [0.25, 0.3) is 10.0 Å². The monoisotopic (exact) mass is 370 g/mol. The van der Waals surface area contributed by atoms with Gasteiger partial charge in [-0.1, -0.05) is 18.7 Å². The Morgan fingerprint density at radius 2 is 2.08 bits per heavy atom. The van der Waals surface area contributed by atoms with Gasteiger partial charge in [-0.25, -0.2) is 26.5 Å². The van der Waals surface area contributed by atoms with Crippen molar-refractivity contribution in [3.63, 3.8) is 0 Å². The molecule has 24 heavy (non-hydrogen) atoms. The fourth-order valence-electron chi connectivity index (χ4n) is 2.65. The Morgan fingerprint density at radius 3 is 2.79 bits per heavy atom. The van der Waals surface area contributed by atoms with Crippen molar-refractivity contribution in [2.24, 2.45) is 5.92 Å². The number of fused-ring (bicyclic) bond motifs is 1. The molecule has 1 fully saturated rings. The normalized spacial score (nSPS) is 19.8. The summed E-state index contributed by atoms with van der Waals surface area (Å²) < 4.78 is 51.9. The SMILES string of the molecule is C=CS(=O)(=O)NC[C@H]1CCN(S(=O)(=O)c2nc3ccccc3[nH]2)C1. The molecule has 2 aromatic rings. The van der Waals surface area contributed by atoms with Crippen LogP contribution in [0.4, 0.5) is 0 Å². The molecule has 130 valence electrons. The van der Waals surface area contributed by atoms with Gasteiger partial charge in [0, 0.05) is 25.0 Å². The molecule has 3 rings (SSSR count). The summed E-state index contributed by atoms with van der Waals surface area (Å²) >= 11 is 0. The second-order valence-electron chi connectivity index (χ2n) is 5.64. The van der Waals surface area contributed by atoms with E-state index >= 15 is 0 Å². The molecule has 0 amide bonds. The molecule has 1 aromatic carbocycles. The zero-order chi connectivity index (χ0) is 17.4. The number of para-hydroxylation sites is 2. The molecule has 10 heteroatoms. The van der Waals surface area contributed by atoms with Crippen molar-refractivity contribution in [2.75, 3.05) is 19.6 Å². The Bertz CT molecular complexity index is 933. The first-order chi connectivity index (χ1) is 11.3. The highest BCUT2D eigenvalue weighted by atomic mass is 32.2. The fourth-order valence-corrected chi connectivity index (χ4v) is 4.68. The lowest BCUT2D eigenvalue weighted by Crippen LogP contribution is -2.32. The van der Waals surface area contributed by atoms with Crippen LogP contribution in [0.3, 0.4) is 0 Å². The molecule has 1 aliphatic rings. The number of imidazole rings is 1. The van der Waals surface area contributed by atoms with Gasteiger partial charge in [0.1, 0.15) is 0 Å². The van der Waals surface area contributed by atoms with E-state index in [9.17, 15) is 16.8 Å². The Kier molecular flexibility index (Phi) is 4.47. The number of benzene rings is 1. The van der Waals surface area contributed by atoms with E-state index in [2.05, 4.69) is 21.3 Å². The molecule has 0 unspecified atom stereocenters. The summed E-state index contributed by atoms with van der Waals surface area (Å²) in [5, 5.41) is 0.751. The van der Waals surface area contributed by atoms with Crippen LogP contribution >= 0.6 is 0 Å². The molecule has 1 saturated heterocycles. The van der Waals surface area contributed by atoms with Gasteiger partial charge in [-0.2, -0.15) is 4.31 Å². The van der Waals surface area contributed by atoms with Gasteiger partial charge in [0.2, 0.25) is 15.2 Å². The molecular weight excluding hydrogens is 352 g/mol. The highest BCUT2D eigenvalue weighted by Gasteiger charge is 2.34. The van der Waals surface area contributed by atoms with E-state index in [-0.39, 0.29) is 24.2 Å². The van der Waals surface area contributed by atoms with Crippen molar-refractivity contribution in [1.29, 1.82) is 0 Å². The predicted molar refractivity (Wildman–Crippen MR) is 90.1 cm³/mol. The number of nitrogens with one attached hydrogen (secondary N) is 2. The maximum atomic E-state index is 12.7. The zero-order valence-electron chi connectivity index (χ0n) is 12.8. The van der Waals surface area contributed by atoms with Crippen LogP contribution in [0.1, 0.15) is 6.42 Å². The number of nitrogens with zero attached hydrogens (tertiary/aromatic N) is 2. The van der Waals surface area contributed by atoms with E-state index in [0.29, 0.717) is 24.0 Å². The second-order valence-corrected chi connectivity index (χ2v) is 9.20. The number of sulfonamides is 2. The average Bonchev–Trinajstić information content (AvgIpc) is 3.20. The molecule has 0 bridgehead atoms. The van der Waals surface area contributed by atoms with Crippen molar-refractivity contribution >= 4 is 31.1 Å². The molecule has 1 aromatic heterocycles. The third kappa shape index (κ3) is 3.36. The van der Waals surface area contributed by atoms with Gasteiger partial charge in [-0.15, -0.1) is 0 Å². The number of aromatic amines is 1. The lowest BCUT2D eigenvalue weighted by atomic mass is 10.1. The summed E-state index contributed by atoms with van der Waals surface area (Å²) in [6, 6.07) is 7.09. The quantitative estimate of drug-likeness (QED) is 0.775. The fraction of sp³-hybridized carbons (Fsp3) is 0.357. The average molecular weight is 370 g/mol. The smallest absolute Gasteiger partial charge is 0.276 e. The minimum Gasteiger partial charge on any atom is -0.328 e. The van der Waals surface area contributed by atoms with Crippen molar-refractivity contribution in [3.8, 4) is 0 Å². The van der Waals surface area contributed by atoms with Gasteiger partial charge in [-0.3, -0.25) is 0 Å². The molecular formula is C14H18N4O4S2. The van der Waals surface area contributed by atoms with Crippen LogP contribution in [0.2, 0.25) is 0 Å². The van der Waals surface area contributed by atoms with Crippen LogP contribution < -0.4 is 4.72 Å². The zero-order valence-corrected chi connectivity index (χ0v) is 14.5. The van der Waals surface area contributed by atoms with Crippen LogP contribution in [-0.2, 0) is 20.0 Å². The summed E-state index contributed by atoms with van der Waals surface area (Å²) in [6.07, 6.45) is 0.582. The van der Waals surface area contributed by atoms with Crippen LogP contribution in [0.5, 0.6) is 0 Å². The van der Waals surface area contributed by atoms with Gasteiger partial charge in [-0.05, 0) is 24.5 Å². The second kappa shape index (κ2) is 6.28. The van der Waals surface area contributed by atoms with E-state index in [4.69, 9.17) is 0 Å². The molecule has 8 nitrogen and oxygen atoms in total. The summed E-state index contributed by atoms with van der Waals surface area (Å²) in [6.45, 7) is 3.99. The number of rotatable bonds is 6. The van der Waals surface area contributed by atoms with E-state index in [1.54, 1.807) is 24.3 Å². The van der Waals surface area contributed by atoms with Crippen molar-refractivity contribution in [1.82, 2.24) is 19.0 Å². The summed E-state index contributed by atoms with van der Waals surface area (Å²) in [4.78, 5) is 6.97. The Hall–Kier alpha value is -1.75. The van der Waals surface area contributed by atoms with Gasteiger partial charge < -0.3 is 4.98 Å². The van der Waals surface area contributed by atoms with E-state index in [0.717, 1.165) is 5.41 Å². The Labute approximate surface area is 140 Å². The molecule has 0 saturated carbocycles. The number of hydrogen-bond donors (Lipinski definition) is 2. The molecule has 1 aliphatic heterocycles. The summed E-state index contributed by atoms with van der Waals surface area (Å²) in [5.74, 6) is -0.0844. The Balaban J connectivity index is 1.73. The first kappa shape index (κ1) is 17.1. The van der Waals surface area contributed by atoms with Crippen LogP contribution in [0.15, 0.2) is 41.4 Å². The van der Waals surface area contributed by atoms with Crippen molar-refractivity contribution in [3.05, 3.63) is 36.3 Å². The number of H-pyrrole nitrogens is 1. The minimum atomic E-state index is -3.72. The van der Waals surface area contributed by atoms with Gasteiger partial charge >= 0.3 is 0 Å². The van der Waals surface area contributed by atoms with Crippen LogP contribution in [-0.4, -0.2) is 50.7 Å². The molecule has 0 spiro atoms. The maximum Gasteiger partial charge on any atom is 0.276 e. The predicted octanol–water partition coefficient (Wildman–Crippen LogP) is 0.636. The third-order valence-corrected chi connectivity index (χ3v) is 6.69. The Morgan fingerprint density at radius 1 is 1.33 bits per heavy atom. The highest BCUT2D eigenvalue weighted by Crippen LogP contribution is 2.24. The lowest BCUT2D eigenvalue weighted by Gasteiger charge is -2.14. The van der Waals surface area contributed by atoms with E-state index < -0.39 is 20.0 Å². The molecule has 0 radical (unpaired) electrons. The summed E-state index contributed by atoms with van der Waals surface area (Å²) in [7, 11) is -7.23. The topological polar surface area (TPSA) is 112 Å². The van der Waals surface area contributed by atoms with Crippen LogP contribution in [0, 0.1) is 5.92 Å². The van der Waals surface area contributed by atoms with Gasteiger partial charge in [0.15, 0.2) is 0 Å². The summed E-state index contributed by atoms with van der Waals surface area (Å²) in [5.41, 5.74) is 1.25. The number of hydrogen-bond acceptors (Lipinski definition) is 5. The lowest BCUT2D eigenvalue weighted by molar-refractivity contribution is 0.450. The standard InChI is InChI=1S/C14H18N4O4S2/c1-2-23(19,20)15-9-11-7-8-18(10-11)24(21,22)14-16-12-5-3-4-6-13(12)17-14/h2-6,11,15H,1,7-10H2,(H,16,17)/t11-/m1/s1.